The first-order valence-corrected chi connectivity index (χ1v) is 9.53. The lowest BCUT2D eigenvalue weighted by atomic mass is 9.81. The molecular formula is C23H25N3O2. The number of methoxy groups -OCH3 is 2. The lowest BCUT2D eigenvalue weighted by Gasteiger charge is -2.37. The molecule has 0 spiro atoms. The largest absolute Gasteiger partial charge is 0.498 e. The fraction of sp³-hybridized carbons (Fsp3) is 0.391. The number of nitriles is 1. The molecule has 5 nitrogen and oxygen atoms in total. The molecule has 0 amide bonds. The molecule has 2 aromatic heterocycles. The highest BCUT2D eigenvalue weighted by atomic mass is 16.5. The van der Waals surface area contributed by atoms with Gasteiger partial charge in [0.2, 0.25) is 0 Å². The SMILES string of the molecule is COC1=CC2=C(CCn3c(C)c(-c4ccnc(C)c4)c(C#N)c32)CC1(C)OC. The lowest BCUT2D eigenvalue weighted by molar-refractivity contribution is -0.00628. The van der Waals surface area contributed by atoms with Crippen LogP contribution in [0.4, 0.5) is 0 Å². The number of aromatic nitrogens is 2. The van der Waals surface area contributed by atoms with Crippen molar-refractivity contribution in [1.82, 2.24) is 9.55 Å². The number of allylic oxidation sites excluding steroid dienone is 2. The van der Waals surface area contributed by atoms with Crippen LogP contribution in [0, 0.1) is 25.2 Å². The Kier molecular flexibility index (Phi) is 4.40. The van der Waals surface area contributed by atoms with E-state index in [0.717, 1.165) is 64.5 Å². The van der Waals surface area contributed by atoms with E-state index < -0.39 is 5.60 Å². The van der Waals surface area contributed by atoms with Gasteiger partial charge >= 0.3 is 0 Å². The van der Waals surface area contributed by atoms with Crippen molar-refractivity contribution in [2.45, 2.75) is 45.8 Å². The van der Waals surface area contributed by atoms with E-state index in [4.69, 9.17) is 9.47 Å². The van der Waals surface area contributed by atoms with Crippen LogP contribution < -0.4 is 0 Å². The van der Waals surface area contributed by atoms with E-state index in [2.05, 4.69) is 35.5 Å². The Morgan fingerprint density at radius 2 is 2.07 bits per heavy atom. The Hall–Kier alpha value is -2.84. The van der Waals surface area contributed by atoms with Gasteiger partial charge in [0.05, 0.1) is 18.4 Å². The molecule has 0 aromatic carbocycles. The smallest absolute Gasteiger partial charge is 0.128 e. The minimum absolute atomic E-state index is 0.463. The van der Waals surface area contributed by atoms with E-state index in [1.54, 1.807) is 20.4 Å². The van der Waals surface area contributed by atoms with Crippen molar-refractivity contribution in [3.8, 4) is 17.2 Å². The van der Waals surface area contributed by atoms with Crippen LogP contribution >= 0.6 is 0 Å². The van der Waals surface area contributed by atoms with Crippen molar-refractivity contribution in [3.63, 3.8) is 0 Å². The molecule has 0 saturated heterocycles. The van der Waals surface area contributed by atoms with Gasteiger partial charge in [-0.25, -0.2) is 0 Å². The van der Waals surface area contributed by atoms with Gasteiger partial charge in [-0.1, -0.05) is 5.57 Å². The van der Waals surface area contributed by atoms with Crippen molar-refractivity contribution in [1.29, 1.82) is 5.26 Å². The van der Waals surface area contributed by atoms with Crippen molar-refractivity contribution in [2.24, 2.45) is 0 Å². The fourth-order valence-electron chi connectivity index (χ4n) is 4.59. The number of hydrogen-bond acceptors (Lipinski definition) is 4. The molecule has 0 saturated carbocycles. The highest BCUT2D eigenvalue weighted by Gasteiger charge is 2.39. The lowest BCUT2D eigenvalue weighted by Crippen LogP contribution is -2.35. The second-order valence-electron chi connectivity index (χ2n) is 7.73. The van der Waals surface area contributed by atoms with E-state index in [0.29, 0.717) is 0 Å². The Morgan fingerprint density at radius 3 is 2.71 bits per heavy atom. The van der Waals surface area contributed by atoms with Crippen molar-refractivity contribution in [3.05, 3.63) is 58.4 Å². The predicted molar refractivity (Wildman–Crippen MR) is 109 cm³/mol. The van der Waals surface area contributed by atoms with Gasteiger partial charge in [0.1, 0.15) is 17.4 Å². The van der Waals surface area contributed by atoms with Crippen molar-refractivity contribution >= 4 is 5.57 Å². The predicted octanol–water partition coefficient (Wildman–Crippen LogP) is 4.54. The van der Waals surface area contributed by atoms with Crippen LogP contribution in [-0.2, 0) is 16.0 Å². The summed E-state index contributed by atoms with van der Waals surface area (Å²) < 4.78 is 13.7. The van der Waals surface area contributed by atoms with Crippen molar-refractivity contribution < 1.29 is 9.47 Å². The van der Waals surface area contributed by atoms with Crippen LogP contribution in [0.15, 0.2) is 35.7 Å². The van der Waals surface area contributed by atoms with E-state index in [-0.39, 0.29) is 0 Å². The summed E-state index contributed by atoms with van der Waals surface area (Å²) in [4.78, 5) is 4.31. The van der Waals surface area contributed by atoms with E-state index in [1.807, 2.05) is 19.1 Å². The molecule has 0 radical (unpaired) electrons. The van der Waals surface area contributed by atoms with E-state index in [1.165, 1.54) is 5.57 Å². The average Bonchev–Trinajstić information content (AvgIpc) is 2.99. The summed E-state index contributed by atoms with van der Waals surface area (Å²) in [6.07, 6.45) is 5.59. The number of nitrogens with zero attached hydrogens (tertiary/aromatic N) is 3. The van der Waals surface area contributed by atoms with Gasteiger partial charge in [0.15, 0.2) is 0 Å². The molecule has 5 heteroatoms. The molecule has 0 N–H and O–H groups in total. The van der Waals surface area contributed by atoms with Gasteiger partial charge in [0.25, 0.3) is 0 Å². The summed E-state index contributed by atoms with van der Waals surface area (Å²) in [5.74, 6) is 0.797. The molecule has 0 bridgehead atoms. The summed E-state index contributed by atoms with van der Waals surface area (Å²) >= 11 is 0. The van der Waals surface area contributed by atoms with Gasteiger partial charge < -0.3 is 14.0 Å². The molecule has 2 aromatic rings. The normalized spacial score (nSPS) is 20.9. The zero-order valence-corrected chi connectivity index (χ0v) is 17.1. The number of ether oxygens (including phenoxy) is 2. The van der Waals surface area contributed by atoms with Crippen molar-refractivity contribution in [2.75, 3.05) is 14.2 Å². The van der Waals surface area contributed by atoms with Gasteiger partial charge in [0, 0.05) is 48.8 Å². The molecular weight excluding hydrogens is 350 g/mol. The molecule has 0 fully saturated rings. The van der Waals surface area contributed by atoms with Gasteiger partial charge in [-0.3, -0.25) is 4.98 Å². The monoisotopic (exact) mass is 375 g/mol. The Labute approximate surface area is 165 Å². The van der Waals surface area contributed by atoms with Crippen LogP contribution in [0.1, 0.15) is 42.4 Å². The molecule has 3 heterocycles. The maximum atomic E-state index is 10.1. The first-order chi connectivity index (χ1) is 13.4. The van der Waals surface area contributed by atoms with Crippen LogP contribution in [0.25, 0.3) is 16.7 Å². The molecule has 1 unspecified atom stereocenters. The number of pyridine rings is 1. The van der Waals surface area contributed by atoms with Gasteiger partial charge in [-0.2, -0.15) is 5.26 Å². The summed E-state index contributed by atoms with van der Waals surface area (Å²) in [6.45, 7) is 7.00. The second kappa shape index (κ2) is 6.65. The number of hydrogen-bond donors (Lipinski definition) is 0. The highest BCUT2D eigenvalue weighted by Crippen LogP contribution is 2.46. The zero-order valence-electron chi connectivity index (χ0n) is 17.1. The third-order valence-electron chi connectivity index (χ3n) is 6.11. The standard InChI is InChI=1S/C23H25N3O2/c1-14-10-16(6-8-25-14)21-15(2)26-9-7-17-12-23(3,28-5)20(27-4)11-18(17)22(26)19(21)13-24/h6,8,10-11H,7,9,12H2,1-5H3. The van der Waals surface area contributed by atoms with Crippen LogP contribution in [0.5, 0.6) is 0 Å². The summed E-state index contributed by atoms with van der Waals surface area (Å²) in [7, 11) is 3.40. The minimum atomic E-state index is -0.463. The number of aryl methyl sites for hydroxylation is 1. The molecule has 4 rings (SSSR count). The molecule has 28 heavy (non-hydrogen) atoms. The van der Waals surface area contributed by atoms with E-state index >= 15 is 0 Å². The zero-order chi connectivity index (χ0) is 20.1. The van der Waals surface area contributed by atoms with Gasteiger partial charge in [-0.05, 0) is 51.0 Å². The fourth-order valence-corrected chi connectivity index (χ4v) is 4.59. The summed E-state index contributed by atoms with van der Waals surface area (Å²) in [5.41, 5.74) is 7.80. The topological polar surface area (TPSA) is 60.1 Å². The third kappa shape index (κ3) is 2.60. The van der Waals surface area contributed by atoms with Crippen LogP contribution in [0.3, 0.4) is 0 Å². The molecule has 1 atom stereocenters. The maximum Gasteiger partial charge on any atom is 0.128 e. The first-order valence-electron chi connectivity index (χ1n) is 9.53. The molecule has 1 aliphatic carbocycles. The number of fused-ring (bicyclic) bond motifs is 2. The highest BCUT2D eigenvalue weighted by molar-refractivity contribution is 5.88. The van der Waals surface area contributed by atoms with E-state index in [9.17, 15) is 5.26 Å². The second-order valence-corrected chi connectivity index (χ2v) is 7.73. The third-order valence-corrected chi connectivity index (χ3v) is 6.11. The number of rotatable bonds is 3. The van der Waals surface area contributed by atoms with Gasteiger partial charge in [-0.15, -0.1) is 0 Å². The Bertz CT molecular complexity index is 1070. The summed E-state index contributed by atoms with van der Waals surface area (Å²) in [5, 5.41) is 10.1. The molecule has 144 valence electrons. The Balaban J connectivity index is 1.96. The Morgan fingerprint density at radius 1 is 1.29 bits per heavy atom. The quantitative estimate of drug-likeness (QED) is 0.790. The minimum Gasteiger partial charge on any atom is -0.498 e. The first kappa shape index (κ1) is 18.5. The maximum absolute atomic E-state index is 10.1. The molecule has 2 aliphatic rings. The van der Waals surface area contributed by atoms with Crippen LogP contribution in [-0.4, -0.2) is 29.4 Å². The average molecular weight is 375 g/mol. The molecule has 1 aliphatic heterocycles. The summed E-state index contributed by atoms with van der Waals surface area (Å²) in [6, 6.07) is 6.51. The van der Waals surface area contributed by atoms with Crippen LogP contribution in [0.2, 0.25) is 0 Å².